The Hall–Kier alpha value is -2.14. The zero-order valence-corrected chi connectivity index (χ0v) is 15.8. The minimum absolute atomic E-state index is 0.489. The standard InChI is InChI=1S/C25H26F2/c1-17-2-8-23-16-22(12-11-21(23)14-17)20-9-5-18(6-10-20)3-4-19-7-13-24(26)25(27)15-19/h5-7,9-10,13,15,17,21-23H,2,8,11-12,14,16H2,1H3. The van der Waals surface area contributed by atoms with Gasteiger partial charge in [-0.05, 0) is 91.7 Å². The zero-order chi connectivity index (χ0) is 18.8. The molecule has 0 N–H and O–H groups in total. The Morgan fingerprint density at radius 3 is 2.19 bits per heavy atom. The first-order valence-electron chi connectivity index (χ1n) is 10.2. The fourth-order valence-electron chi connectivity index (χ4n) is 4.98. The Morgan fingerprint density at radius 1 is 0.741 bits per heavy atom. The van der Waals surface area contributed by atoms with Crippen molar-refractivity contribution in [3.8, 4) is 11.8 Å². The summed E-state index contributed by atoms with van der Waals surface area (Å²) in [5.74, 6) is 7.71. The number of benzene rings is 2. The first-order chi connectivity index (χ1) is 13.1. The maximum atomic E-state index is 13.3. The molecule has 4 unspecified atom stereocenters. The van der Waals surface area contributed by atoms with E-state index in [1.54, 1.807) is 0 Å². The van der Waals surface area contributed by atoms with Crippen LogP contribution in [0.4, 0.5) is 8.78 Å². The molecule has 2 saturated carbocycles. The summed E-state index contributed by atoms with van der Waals surface area (Å²) in [6.45, 7) is 2.41. The lowest BCUT2D eigenvalue weighted by Gasteiger charge is -2.41. The van der Waals surface area contributed by atoms with Gasteiger partial charge in [-0.3, -0.25) is 0 Å². The lowest BCUT2D eigenvalue weighted by atomic mass is 9.64. The van der Waals surface area contributed by atoms with Gasteiger partial charge in [-0.25, -0.2) is 8.78 Å². The summed E-state index contributed by atoms with van der Waals surface area (Å²) in [7, 11) is 0. The molecule has 0 amide bonds. The van der Waals surface area contributed by atoms with Gasteiger partial charge in [-0.2, -0.15) is 0 Å². The fourth-order valence-corrected chi connectivity index (χ4v) is 4.98. The third-order valence-corrected chi connectivity index (χ3v) is 6.53. The average molecular weight is 364 g/mol. The third-order valence-electron chi connectivity index (χ3n) is 6.53. The van der Waals surface area contributed by atoms with Crippen LogP contribution in [-0.4, -0.2) is 0 Å². The van der Waals surface area contributed by atoms with E-state index in [4.69, 9.17) is 0 Å². The second kappa shape index (κ2) is 7.85. The van der Waals surface area contributed by atoms with Crippen LogP contribution < -0.4 is 0 Å². The van der Waals surface area contributed by atoms with Gasteiger partial charge in [0.05, 0.1) is 0 Å². The Bertz CT molecular complexity index is 856. The molecule has 2 fully saturated rings. The molecule has 4 atom stereocenters. The number of fused-ring (bicyclic) bond motifs is 1. The first-order valence-corrected chi connectivity index (χ1v) is 10.2. The molecular weight excluding hydrogens is 338 g/mol. The van der Waals surface area contributed by atoms with Gasteiger partial charge in [0, 0.05) is 11.1 Å². The molecule has 0 spiro atoms. The molecule has 0 aliphatic heterocycles. The van der Waals surface area contributed by atoms with Crippen molar-refractivity contribution in [3.63, 3.8) is 0 Å². The van der Waals surface area contributed by atoms with Crippen molar-refractivity contribution < 1.29 is 8.78 Å². The SMILES string of the molecule is CC1CCC2CC(c3ccc(C#Cc4ccc(F)c(F)c4)cc3)CCC2C1. The fraction of sp³-hybridized carbons (Fsp3) is 0.440. The molecule has 4 rings (SSSR count). The summed E-state index contributed by atoms with van der Waals surface area (Å²) in [6.07, 6.45) is 8.23. The van der Waals surface area contributed by atoms with E-state index in [2.05, 4.69) is 43.0 Å². The van der Waals surface area contributed by atoms with E-state index >= 15 is 0 Å². The summed E-state index contributed by atoms with van der Waals surface area (Å²) in [5, 5.41) is 0. The van der Waals surface area contributed by atoms with E-state index in [1.807, 2.05) is 0 Å². The highest BCUT2D eigenvalue weighted by Gasteiger charge is 2.34. The molecule has 2 aromatic carbocycles. The lowest BCUT2D eigenvalue weighted by molar-refractivity contribution is 0.124. The van der Waals surface area contributed by atoms with Gasteiger partial charge in [0.2, 0.25) is 0 Å². The second-order valence-corrected chi connectivity index (χ2v) is 8.45. The molecule has 0 aromatic heterocycles. The maximum absolute atomic E-state index is 13.3. The van der Waals surface area contributed by atoms with Crippen LogP contribution in [0, 0.1) is 41.2 Å². The van der Waals surface area contributed by atoms with Crippen molar-refractivity contribution in [2.45, 2.75) is 51.4 Å². The van der Waals surface area contributed by atoms with E-state index in [0.29, 0.717) is 11.5 Å². The van der Waals surface area contributed by atoms with Crippen LogP contribution in [0.5, 0.6) is 0 Å². The van der Waals surface area contributed by atoms with E-state index < -0.39 is 11.6 Å². The van der Waals surface area contributed by atoms with Gasteiger partial charge in [-0.15, -0.1) is 0 Å². The third kappa shape index (κ3) is 4.24. The van der Waals surface area contributed by atoms with Crippen molar-refractivity contribution in [2.75, 3.05) is 0 Å². The lowest BCUT2D eigenvalue weighted by Crippen LogP contribution is -2.29. The molecule has 0 bridgehead atoms. The van der Waals surface area contributed by atoms with Gasteiger partial charge in [0.15, 0.2) is 11.6 Å². The number of halogens is 2. The van der Waals surface area contributed by atoms with E-state index in [1.165, 1.54) is 50.2 Å². The normalized spacial score (nSPS) is 27.4. The molecule has 2 heteroatoms. The van der Waals surface area contributed by atoms with Crippen molar-refractivity contribution in [2.24, 2.45) is 17.8 Å². The van der Waals surface area contributed by atoms with E-state index in [-0.39, 0.29) is 0 Å². The van der Waals surface area contributed by atoms with Crippen LogP contribution >= 0.6 is 0 Å². The van der Waals surface area contributed by atoms with Gasteiger partial charge in [0.25, 0.3) is 0 Å². The Morgan fingerprint density at radius 2 is 1.41 bits per heavy atom. The van der Waals surface area contributed by atoms with Crippen molar-refractivity contribution in [1.82, 2.24) is 0 Å². The molecule has 2 aliphatic rings. The van der Waals surface area contributed by atoms with E-state index in [0.717, 1.165) is 35.4 Å². The highest BCUT2D eigenvalue weighted by Crippen LogP contribution is 2.47. The minimum Gasteiger partial charge on any atom is -0.204 e. The number of rotatable bonds is 1. The Balaban J connectivity index is 1.42. The van der Waals surface area contributed by atoms with Gasteiger partial charge >= 0.3 is 0 Å². The van der Waals surface area contributed by atoms with Gasteiger partial charge < -0.3 is 0 Å². The zero-order valence-electron chi connectivity index (χ0n) is 15.8. The van der Waals surface area contributed by atoms with Crippen molar-refractivity contribution in [1.29, 1.82) is 0 Å². The quantitative estimate of drug-likeness (QED) is 0.495. The molecule has 140 valence electrons. The maximum Gasteiger partial charge on any atom is 0.160 e. The molecule has 2 aliphatic carbocycles. The van der Waals surface area contributed by atoms with Crippen LogP contribution in [0.25, 0.3) is 0 Å². The van der Waals surface area contributed by atoms with Gasteiger partial charge in [-0.1, -0.05) is 37.3 Å². The second-order valence-electron chi connectivity index (χ2n) is 8.45. The number of hydrogen-bond acceptors (Lipinski definition) is 0. The Kier molecular flexibility index (Phi) is 5.30. The molecule has 2 aromatic rings. The highest BCUT2D eigenvalue weighted by molar-refractivity contribution is 5.44. The first kappa shape index (κ1) is 18.2. The summed E-state index contributed by atoms with van der Waals surface area (Å²) >= 11 is 0. The van der Waals surface area contributed by atoms with Crippen LogP contribution in [0.15, 0.2) is 42.5 Å². The van der Waals surface area contributed by atoms with Crippen molar-refractivity contribution in [3.05, 3.63) is 70.8 Å². The summed E-state index contributed by atoms with van der Waals surface area (Å²) in [5.41, 5.74) is 2.82. The van der Waals surface area contributed by atoms with Crippen LogP contribution in [0.1, 0.15) is 68.1 Å². The largest absolute Gasteiger partial charge is 0.204 e. The predicted octanol–water partition coefficient (Wildman–Crippen LogP) is 6.68. The molecule has 0 radical (unpaired) electrons. The van der Waals surface area contributed by atoms with Crippen LogP contribution in [0.2, 0.25) is 0 Å². The molecular formula is C25H26F2. The smallest absolute Gasteiger partial charge is 0.160 e. The Labute approximate surface area is 161 Å². The summed E-state index contributed by atoms with van der Waals surface area (Å²) < 4.78 is 26.2. The predicted molar refractivity (Wildman–Crippen MR) is 105 cm³/mol. The molecule has 27 heavy (non-hydrogen) atoms. The topological polar surface area (TPSA) is 0 Å². The van der Waals surface area contributed by atoms with E-state index in [9.17, 15) is 8.78 Å². The monoisotopic (exact) mass is 364 g/mol. The summed E-state index contributed by atoms with van der Waals surface area (Å²) in [6, 6.07) is 12.3. The van der Waals surface area contributed by atoms with Crippen molar-refractivity contribution >= 4 is 0 Å². The molecule has 0 nitrogen and oxygen atoms in total. The van der Waals surface area contributed by atoms with Crippen LogP contribution in [-0.2, 0) is 0 Å². The molecule has 0 saturated heterocycles. The number of hydrogen-bond donors (Lipinski definition) is 0. The highest BCUT2D eigenvalue weighted by atomic mass is 19.2. The molecule has 0 heterocycles. The summed E-state index contributed by atoms with van der Waals surface area (Å²) in [4.78, 5) is 0. The van der Waals surface area contributed by atoms with Gasteiger partial charge in [0.1, 0.15) is 0 Å². The average Bonchev–Trinajstić information content (AvgIpc) is 2.69. The minimum atomic E-state index is -0.857. The van der Waals surface area contributed by atoms with Crippen LogP contribution in [0.3, 0.4) is 0 Å².